The largest absolute Gasteiger partial charge is 0.309 e. The summed E-state index contributed by atoms with van der Waals surface area (Å²) in [6.45, 7) is 6.70. The van der Waals surface area contributed by atoms with Gasteiger partial charge in [-0.25, -0.2) is 0 Å². The molecule has 0 spiro atoms. The highest BCUT2D eigenvalue weighted by molar-refractivity contribution is 5.84. The molecule has 100 valence electrons. The lowest BCUT2D eigenvalue weighted by Crippen LogP contribution is -2.40. The molecule has 0 aromatic carbocycles. The first kappa shape index (κ1) is 13.6. The van der Waals surface area contributed by atoms with Crippen molar-refractivity contribution in [3.05, 3.63) is 0 Å². The van der Waals surface area contributed by atoms with Crippen molar-refractivity contribution in [3.63, 3.8) is 0 Å². The van der Waals surface area contributed by atoms with Crippen LogP contribution in [0.5, 0.6) is 0 Å². The first-order chi connectivity index (χ1) is 8.35. The third-order valence-electron chi connectivity index (χ3n) is 4.89. The normalized spacial score (nSPS) is 40.2. The quantitative estimate of drug-likeness (QED) is 0.724. The van der Waals surface area contributed by atoms with Gasteiger partial charge in [0, 0.05) is 5.71 Å². The molecular weight excluding hydrogens is 220 g/mol. The predicted octanol–water partition coefficient (Wildman–Crippen LogP) is 4.55. The first-order valence-corrected chi connectivity index (χ1v) is 7.34. The van der Waals surface area contributed by atoms with E-state index >= 15 is 0 Å². The number of nitriles is 1. The maximum atomic E-state index is 9.46. The molecule has 0 radical (unpaired) electrons. The second kappa shape index (κ2) is 4.68. The van der Waals surface area contributed by atoms with Crippen molar-refractivity contribution in [1.29, 1.82) is 10.7 Å². The fourth-order valence-electron chi connectivity index (χ4n) is 4.49. The van der Waals surface area contributed by atoms with Gasteiger partial charge in [-0.3, -0.25) is 0 Å². The van der Waals surface area contributed by atoms with Gasteiger partial charge in [0.05, 0.1) is 11.5 Å². The SMILES string of the molecule is CC1(C)CC(C2CCCCC2=N)CC(C)(C#N)C1. The average Bonchev–Trinajstić information content (AvgIpc) is 2.27. The summed E-state index contributed by atoms with van der Waals surface area (Å²) in [4.78, 5) is 0. The summed E-state index contributed by atoms with van der Waals surface area (Å²) in [6, 6.07) is 2.55. The van der Waals surface area contributed by atoms with Gasteiger partial charge < -0.3 is 5.41 Å². The Bertz CT molecular complexity index is 377. The zero-order valence-corrected chi connectivity index (χ0v) is 12.1. The summed E-state index contributed by atoms with van der Waals surface area (Å²) >= 11 is 0. The van der Waals surface area contributed by atoms with E-state index in [1.807, 2.05) is 0 Å². The molecule has 1 N–H and O–H groups in total. The van der Waals surface area contributed by atoms with Gasteiger partial charge in [0.25, 0.3) is 0 Å². The summed E-state index contributed by atoms with van der Waals surface area (Å²) in [7, 11) is 0. The fraction of sp³-hybridized carbons (Fsp3) is 0.875. The van der Waals surface area contributed by atoms with Crippen LogP contribution in [0.4, 0.5) is 0 Å². The molecule has 3 unspecified atom stereocenters. The molecule has 0 saturated heterocycles. The van der Waals surface area contributed by atoms with E-state index in [2.05, 4.69) is 26.8 Å². The third-order valence-corrected chi connectivity index (χ3v) is 4.89. The van der Waals surface area contributed by atoms with Crippen LogP contribution >= 0.6 is 0 Å². The van der Waals surface area contributed by atoms with Crippen LogP contribution in [0.1, 0.15) is 65.7 Å². The van der Waals surface area contributed by atoms with Crippen molar-refractivity contribution in [2.75, 3.05) is 0 Å². The zero-order valence-electron chi connectivity index (χ0n) is 12.1. The van der Waals surface area contributed by atoms with E-state index in [0.717, 1.165) is 25.0 Å². The molecule has 2 rings (SSSR count). The van der Waals surface area contributed by atoms with Gasteiger partial charge in [0.2, 0.25) is 0 Å². The van der Waals surface area contributed by atoms with Gasteiger partial charge in [-0.2, -0.15) is 5.26 Å². The molecule has 2 aliphatic carbocycles. The Kier molecular flexibility index (Phi) is 3.54. The lowest BCUT2D eigenvalue weighted by Gasteiger charge is -2.46. The van der Waals surface area contributed by atoms with Crippen molar-refractivity contribution >= 4 is 5.71 Å². The maximum Gasteiger partial charge on any atom is 0.0687 e. The van der Waals surface area contributed by atoms with Crippen molar-refractivity contribution in [1.82, 2.24) is 0 Å². The summed E-state index contributed by atoms with van der Waals surface area (Å²) in [5, 5.41) is 17.7. The molecule has 0 bridgehead atoms. The molecule has 2 saturated carbocycles. The summed E-state index contributed by atoms with van der Waals surface area (Å²) < 4.78 is 0. The second-order valence-corrected chi connectivity index (χ2v) is 7.56. The van der Waals surface area contributed by atoms with Crippen molar-refractivity contribution in [3.8, 4) is 6.07 Å². The lowest BCUT2D eigenvalue weighted by molar-refractivity contribution is 0.0710. The highest BCUT2D eigenvalue weighted by atomic mass is 14.5. The summed E-state index contributed by atoms with van der Waals surface area (Å²) in [5.41, 5.74) is 1.04. The Morgan fingerprint density at radius 2 is 1.94 bits per heavy atom. The molecule has 2 heteroatoms. The Labute approximate surface area is 111 Å². The Morgan fingerprint density at radius 1 is 1.22 bits per heavy atom. The zero-order chi connectivity index (χ0) is 13.4. The molecule has 3 atom stereocenters. The van der Waals surface area contributed by atoms with Gasteiger partial charge in [-0.05, 0) is 62.7 Å². The van der Waals surface area contributed by atoms with E-state index in [0.29, 0.717) is 11.8 Å². The van der Waals surface area contributed by atoms with Crippen LogP contribution in [0.3, 0.4) is 0 Å². The molecule has 2 aliphatic rings. The number of hydrogen-bond donors (Lipinski definition) is 1. The number of hydrogen-bond acceptors (Lipinski definition) is 2. The maximum absolute atomic E-state index is 9.46. The van der Waals surface area contributed by atoms with E-state index < -0.39 is 0 Å². The lowest BCUT2D eigenvalue weighted by atomic mass is 9.57. The van der Waals surface area contributed by atoms with Gasteiger partial charge in [-0.1, -0.05) is 20.3 Å². The van der Waals surface area contributed by atoms with Gasteiger partial charge in [0.15, 0.2) is 0 Å². The summed E-state index contributed by atoms with van der Waals surface area (Å²) in [6.07, 6.45) is 7.84. The van der Waals surface area contributed by atoms with Crippen LogP contribution in [-0.2, 0) is 0 Å². The van der Waals surface area contributed by atoms with Crippen LogP contribution < -0.4 is 0 Å². The fourth-order valence-corrected chi connectivity index (χ4v) is 4.49. The minimum atomic E-state index is -0.176. The van der Waals surface area contributed by atoms with E-state index in [-0.39, 0.29) is 10.8 Å². The Balaban J connectivity index is 2.17. The molecule has 2 nitrogen and oxygen atoms in total. The predicted molar refractivity (Wildman–Crippen MR) is 74.5 cm³/mol. The van der Waals surface area contributed by atoms with Gasteiger partial charge in [0.1, 0.15) is 0 Å². The van der Waals surface area contributed by atoms with E-state index in [9.17, 15) is 5.26 Å². The monoisotopic (exact) mass is 246 g/mol. The van der Waals surface area contributed by atoms with Crippen LogP contribution in [0.25, 0.3) is 0 Å². The van der Waals surface area contributed by atoms with E-state index in [1.54, 1.807) is 0 Å². The molecule has 0 aliphatic heterocycles. The molecular formula is C16H26N2. The molecule has 0 amide bonds. The van der Waals surface area contributed by atoms with Crippen LogP contribution in [-0.4, -0.2) is 5.71 Å². The number of rotatable bonds is 1. The van der Waals surface area contributed by atoms with Gasteiger partial charge in [-0.15, -0.1) is 0 Å². The van der Waals surface area contributed by atoms with E-state index in [1.165, 1.54) is 25.7 Å². The standard InChI is InChI=1S/C16H26N2/c1-15(2)8-12(9-16(3,10-15)11-17)13-6-4-5-7-14(13)18/h12-13,18H,4-10H2,1-3H3. The number of nitrogens with one attached hydrogen (secondary N) is 1. The Morgan fingerprint density at radius 3 is 2.56 bits per heavy atom. The minimum Gasteiger partial charge on any atom is -0.309 e. The van der Waals surface area contributed by atoms with Crippen molar-refractivity contribution in [2.45, 2.75) is 65.7 Å². The smallest absolute Gasteiger partial charge is 0.0687 e. The molecule has 2 fully saturated rings. The van der Waals surface area contributed by atoms with Crippen molar-refractivity contribution in [2.24, 2.45) is 22.7 Å². The topological polar surface area (TPSA) is 47.6 Å². The van der Waals surface area contributed by atoms with Crippen LogP contribution in [0.2, 0.25) is 0 Å². The molecule has 0 heterocycles. The van der Waals surface area contributed by atoms with Crippen LogP contribution in [0, 0.1) is 39.4 Å². The highest BCUT2D eigenvalue weighted by Gasteiger charge is 2.44. The van der Waals surface area contributed by atoms with Gasteiger partial charge >= 0.3 is 0 Å². The molecule has 0 aromatic heterocycles. The average molecular weight is 246 g/mol. The second-order valence-electron chi connectivity index (χ2n) is 7.56. The first-order valence-electron chi connectivity index (χ1n) is 7.34. The summed E-state index contributed by atoms with van der Waals surface area (Å²) in [5.74, 6) is 1.03. The highest BCUT2D eigenvalue weighted by Crippen LogP contribution is 2.51. The van der Waals surface area contributed by atoms with Crippen LogP contribution in [0.15, 0.2) is 0 Å². The third kappa shape index (κ3) is 2.76. The molecule has 18 heavy (non-hydrogen) atoms. The molecule has 0 aromatic rings. The number of nitrogens with zero attached hydrogens (tertiary/aromatic N) is 1. The van der Waals surface area contributed by atoms with E-state index in [4.69, 9.17) is 5.41 Å². The Hall–Kier alpha value is -0.840. The minimum absolute atomic E-state index is 0.176. The van der Waals surface area contributed by atoms with Crippen molar-refractivity contribution < 1.29 is 0 Å².